The highest BCUT2D eigenvalue weighted by molar-refractivity contribution is 6.30. The van der Waals surface area contributed by atoms with Crippen LogP contribution < -0.4 is 5.56 Å². The normalized spacial score (nSPS) is 14.9. The molecule has 1 aliphatic rings. The molecule has 1 heterocycles. The molecule has 0 N–H and O–H groups in total. The van der Waals surface area contributed by atoms with Crippen molar-refractivity contribution in [1.82, 2.24) is 14.7 Å². The lowest BCUT2D eigenvalue weighted by Crippen LogP contribution is -2.37. The first kappa shape index (κ1) is 18.6. The molecule has 1 fully saturated rings. The Kier molecular flexibility index (Phi) is 5.77. The zero-order valence-corrected chi connectivity index (χ0v) is 15.9. The molecule has 1 aromatic carbocycles. The average molecular weight is 374 g/mol. The number of amides is 1. The zero-order chi connectivity index (χ0) is 18.7. The summed E-state index contributed by atoms with van der Waals surface area (Å²) in [6.45, 7) is 4.61. The van der Waals surface area contributed by atoms with E-state index in [1.54, 1.807) is 0 Å². The summed E-state index contributed by atoms with van der Waals surface area (Å²) in [6.07, 6.45) is 3.82. The smallest absolute Gasteiger partial charge is 0.275 e. The number of benzene rings is 1. The number of aryl methyl sites for hydroxylation is 1. The van der Waals surface area contributed by atoms with Crippen LogP contribution in [0.4, 0.5) is 0 Å². The fourth-order valence-electron chi connectivity index (χ4n) is 3.08. The highest BCUT2D eigenvalue weighted by Gasteiger charge is 2.37. The van der Waals surface area contributed by atoms with Crippen LogP contribution in [0.5, 0.6) is 0 Å². The maximum atomic E-state index is 13.2. The number of carbonyl (C=O) groups excluding carboxylic acids is 1. The quantitative estimate of drug-likeness (QED) is 0.735. The summed E-state index contributed by atoms with van der Waals surface area (Å²) in [7, 11) is 0. The molecule has 0 radical (unpaired) electrons. The minimum Gasteiger partial charge on any atom is -0.328 e. The number of nitrogens with zero attached hydrogens (tertiary/aromatic N) is 3. The minimum atomic E-state index is -0.168. The first-order valence-corrected chi connectivity index (χ1v) is 9.55. The molecule has 1 unspecified atom stereocenters. The lowest BCUT2D eigenvalue weighted by atomic mass is 10.1. The predicted octanol–water partition coefficient (Wildman–Crippen LogP) is 4.06. The molecule has 2 aromatic rings. The van der Waals surface area contributed by atoms with E-state index in [0.29, 0.717) is 17.3 Å². The van der Waals surface area contributed by atoms with Gasteiger partial charge in [0.05, 0.1) is 6.04 Å². The molecular weight excluding hydrogens is 350 g/mol. The van der Waals surface area contributed by atoms with Crippen LogP contribution in [0.25, 0.3) is 0 Å². The molecule has 3 rings (SSSR count). The van der Waals surface area contributed by atoms with Crippen molar-refractivity contribution in [3.63, 3.8) is 0 Å². The molecule has 5 nitrogen and oxygen atoms in total. The third kappa shape index (κ3) is 4.15. The number of hydrogen-bond acceptors (Lipinski definition) is 3. The Bertz CT molecular complexity index is 828. The Labute approximate surface area is 158 Å². The molecule has 1 amide bonds. The third-order valence-electron chi connectivity index (χ3n) is 4.75. The van der Waals surface area contributed by atoms with Gasteiger partial charge in [0, 0.05) is 23.7 Å². The van der Waals surface area contributed by atoms with Crippen molar-refractivity contribution >= 4 is 17.5 Å². The second-order valence-corrected chi connectivity index (χ2v) is 7.24. The molecular formula is C20H24ClN3O2. The summed E-state index contributed by atoms with van der Waals surface area (Å²) in [5.74, 6) is -0.125. The van der Waals surface area contributed by atoms with E-state index in [4.69, 9.17) is 11.6 Å². The van der Waals surface area contributed by atoms with Gasteiger partial charge in [-0.15, -0.1) is 0 Å². The molecule has 26 heavy (non-hydrogen) atoms. The van der Waals surface area contributed by atoms with Crippen molar-refractivity contribution in [3.8, 4) is 0 Å². The van der Waals surface area contributed by atoms with Gasteiger partial charge in [-0.2, -0.15) is 5.10 Å². The van der Waals surface area contributed by atoms with Gasteiger partial charge in [-0.25, -0.2) is 4.68 Å². The molecule has 0 aliphatic heterocycles. The maximum absolute atomic E-state index is 13.2. The van der Waals surface area contributed by atoms with Crippen molar-refractivity contribution in [2.75, 3.05) is 0 Å². The summed E-state index contributed by atoms with van der Waals surface area (Å²) in [4.78, 5) is 27.0. The van der Waals surface area contributed by atoms with Crippen molar-refractivity contribution < 1.29 is 4.79 Å². The van der Waals surface area contributed by atoms with Crippen LogP contribution >= 0.6 is 11.6 Å². The number of rotatable bonds is 7. The first-order chi connectivity index (χ1) is 12.5. The van der Waals surface area contributed by atoms with Gasteiger partial charge in [-0.05, 0) is 49.9 Å². The van der Waals surface area contributed by atoms with E-state index >= 15 is 0 Å². The van der Waals surface area contributed by atoms with Gasteiger partial charge in [0.25, 0.3) is 11.5 Å². The Morgan fingerprint density at radius 3 is 2.58 bits per heavy atom. The standard InChI is InChI=1S/C20H24ClN3O2/c1-3-4-13-23-19(25)12-11-18(22-23)20(26)24(17-9-10-17)14(2)15-5-7-16(21)8-6-15/h5-8,11-12,14,17H,3-4,9-10,13H2,1-2H3. The van der Waals surface area contributed by atoms with Gasteiger partial charge in [-0.3, -0.25) is 9.59 Å². The van der Waals surface area contributed by atoms with Crippen LogP contribution in [-0.4, -0.2) is 26.6 Å². The summed E-state index contributed by atoms with van der Waals surface area (Å²) >= 11 is 5.98. The molecule has 6 heteroatoms. The summed E-state index contributed by atoms with van der Waals surface area (Å²) in [5.41, 5.74) is 1.20. The molecule has 0 bridgehead atoms. The maximum Gasteiger partial charge on any atom is 0.275 e. The SMILES string of the molecule is CCCCn1nc(C(=O)N(C2CC2)C(C)c2ccc(Cl)cc2)ccc1=O. The first-order valence-electron chi connectivity index (χ1n) is 9.17. The van der Waals surface area contributed by atoms with E-state index in [2.05, 4.69) is 12.0 Å². The molecule has 1 aromatic heterocycles. The predicted molar refractivity (Wildman–Crippen MR) is 102 cm³/mol. The summed E-state index contributed by atoms with van der Waals surface area (Å²) in [5, 5.41) is 5.00. The lowest BCUT2D eigenvalue weighted by Gasteiger charge is -2.29. The summed E-state index contributed by atoms with van der Waals surface area (Å²) in [6, 6.07) is 10.7. The van der Waals surface area contributed by atoms with Gasteiger partial charge >= 0.3 is 0 Å². The van der Waals surface area contributed by atoms with Crippen LogP contribution in [0.3, 0.4) is 0 Å². The topological polar surface area (TPSA) is 55.2 Å². The van der Waals surface area contributed by atoms with Gasteiger partial charge in [0.15, 0.2) is 0 Å². The van der Waals surface area contributed by atoms with E-state index in [9.17, 15) is 9.59 Å². The van der Waals surface area contributed by atoms with Crippen LogP contribution in [0, 0.1) is 0 Å². The largest absolute Gasteiger partial charge is 0.328 e. The minimum absolute atomic E-state index is 0.0786. The van der Waals surface area contributed by atoms with Gasteiger partial charge in [0.1, 0.15) is 5.69 Å². The van der Waals surface area contributed by atoms with Crippen LogP contribution in [0.15, 0.2) is 41.2 Å². The average Bonchev–Trinajstić information content (AvgIpc) is 3.46. The van der Waals surface area contributed by atoms with Crippen LogP contribution in [0.1, 0.15) is 61.6 Å². The molecule has 1 saturated carbocycles. The Morgan fingerprint density at radius 2 is 1.96 bits per heavy atom. The second kappa shape index (κ2) is 8.04. The van der Waals surface area contributed by atoms with Gasteiger partial charge in [0.2, 0.25) is 0 Å². The second-order valence-electron chi connectivity index (χ2n) is 6.80. The van der Waals surface area contributed by atoms with Crippen molar-refractivity contribution in [1.29, 1.82) is 0 Å². The van der Waals surface area contributed by atoms with Crippen molar-refractivity contribution in [2.24, 2.45) is 0 Å². The fourth-order valence-corrected chi connectivity index (χ4v) is 3.20. The van der Waals surface area contributed by atoms with Crippen LogP contribution in [0.2, 0.25) is 5.02 Å². The number of carbonyl (C=O) groups is 1. The Morgan fingerprint density at radius 1 is 1.27 bits per heavy atom. The molecule has 0 saturated heterocycles. The lowest BCUT2D eigenvalue weighted by molar-refractivity contribution is 0.0664. The van der Waals surface area contributed by atoms with E-state index in [1.165, 1.54) is 16.8 Å². The monoisotopic (exact) mass is 373 g/mol. The number of unbranched alkanes of at least 4 members (excludes halogenated alkanes) is 1. The highest BCUT2D eigenvalue weighted by atomic mass is 35.5. The number of halogens is 1. The van der Waals surface area contributed by atoms with E-state index < -0.39 is 0 Å². The summed E-state index contributed by atoms with van der Waals surface area (Å²) < 4.78 is 1.40. The zero-order valence-electron chi connectivity index (χ0n) is 15.2. The van der Waals surface area contributed by atoms with Crippen molar-refractivity contribution in [3.05, 3.63) is 63.0 Å². The van der Waals surface area contributed by atoms with Gasteiger partial charge < -0.3 is 4.90 Å². The van der Waals surface area contributed by atoms with Crippen LogP contribution in [-0.2, 0) is 6.54 Å². The third-order valence-corrected chi connectivity index (χ3v) is 5.01. The Balaban J connectivity index is 1.87. The molecule has 138 valence electrons. The molecule has 0 spiro atoms. The van der Waals surface area contributed by atoms with Crippen molar-refractivity contribution in [2.45, 2.75) is 58.2 Å². The molecule has 1 atom stereocenters. The number of aromatic nitrogens is 2. The Hall–Kier alpha value is -2.14. The molecule has 1 aliphatic carbocycles. The van der Waals surface area contributed by atoms with E-state index in [1.807, 2.05) is 36.1 Å². The fraction of sp³-hybridized carbons (Fsp3) is 0.450. The van der Waals surface area contributed by atoms with E-state index in [0.717, 1.165) is 31.2 Å². The number of hydrogen-bond donors (Lipinski definition) is 0. The van der Waals surface area contributed by atoms with Gasteiger partial charge in [-0.1, -0.05) is 37.1 Å². The van der Waals surface area contributed by atoms with E-state index in [-0.39, 0.29) is 23.6 Å². The highest BCUT2D eigenvalue weighted by Crippen LogP contribution is 2.35.